The summed E-state index contributed by atoms with van der Waals surface area (Å²) in [5, 5.41) is 6.78. The fraction of sp³-hybridized carbons (Fsp3) is 0.933. The summed E-state index contributed by atoms with van der Waals surface area (Å²) in [4.78, 5) is 6.85. The number of likely N-dealkylation sites (tertiary alicyclic amines) is 1. The number of nitrogens with one attached hydrogen (secondary N) is 2. The van der Waals surface area contributed by atoms with Crippen LogP contribution in [0.15, 0.2) is 4.99 Å². The number of hydrogen-bond acceptors (Lipinski definition) is 2. The minimum Gasteiger partial charge on any atom is -0.356 e. The Bertz CT molecular complexity index is 273. The molecule has 0 aromatic heterocycles. The molecule has 1 rings (SSSR count). The molecule has 0 spiro atoms. The van der Waals surface area contributed by atoms with Crippen molar-refractivity contribution in [1.29, 1.82) is 0 Å². The normalized spacial score (nSPS) is 19.6. The summed E-state index contributed by atoms with van der Waals surface area (Å²) in [6, 6.07) is 0.574. The fourth-order valence-corrected chi connectivity index (χ4v) is 2.36. The molecule has 0 bridgehead atoms. The third kappa shape index (κ3) is 7.67. The molecule has 2 N–H and O–H groups in total. The summed E-state index contributed by atoms with van der Waals surface area (Å²) in [5.74, 6) is 2.46. The molecule has 1 heterocycles. The summed E-state index contributed by atoms with van der Waals surface area (Å²) in [6.07, 6.45) is 2.68. The van der Waals surface area contributed by atoms with E-state index in [1.165, 1.54) is 25.9 Å². The molecular formula is C15H33IN4. The van der Waals surface area contributed by atoms with E-state index in [4.69, 9.17) is 0 Å². The van der Waals surface area contributed by atoms with Crippen molar-refractivity contribution >= 4 is 29.9 Å². The van der Waals surface area contributed by atoms with E-state index in [1.807, 2.05) is 7.05 Å². The Hall–Kier alpha value is -0.0400. The third-order valence-electron chi connectivity index (χ3n) is 3.91. The quantitative estimate of drug-likeness (QED) is 0.426. The van der Waals surface area contributed by atoms with Gasteiger partial charge in [-0.2, -0.15) is 0 Å². The van der Waals surface area contributed by atoms with Gasteiger partial charge in [-0.25, -0.2) is 0 Å². The number of nitrogens with zero attached hydrogens (tertiary/aromatic N) is 2. The number of guanidine groups is 1. The Kier molecular flexibility index (Phi) is 10.6. The summed E-state index contributed by atoms with van der Waals surface area (Å²) in [5.41, 5.74) is 0. The largest absolute Gasteiger partial charge is 0.356 e. The molecule has 1 aliphatic heterocycles. The first-order valence-electron chi connectivity index (χ1n) is 7.71. The molecule has 0 aliphatic carbocycles. The van der Waals surface area contributed by atoms with Crippen molar-refractivity contribution in [2.75, 3.05) is 33.2 Å². The van der Waals surface area contributed by atoms with Crippen LogP contribution in [0.2, 0.25) is 0 Å². The Labute approximate surface area is 142 Å². The molecule has 0 amide bonds. The van der Waals surface area contributed by atoms with Crippen LogP contribution < -0.4 is 10.6 Å². The smallest absolute Gasteiger partial charge is 0.191 e. The average Bonchev–Trinajstić information content (AvgIpc) is 2.39. The number of rotatable bonds is 5. The zero-order valence-corrected chi connectivity index (χ0v) is 16.1. The van der Waals surface area contributed by atoms with Gasteiger partial charge in [-0.1, -0.05) is 20.8 Å². The van der Waals surface area contributed by atoms with Crippen LogP contribution in [0.25, 0.3) is 0 Å². The van der Waals surface area contributed by atoms with Crippen LogP contribution in [0.1, 0.15) is 40.5 Å². The molecule has 20 heavy (non-hydrogen) atoms. The lowest BCUT2D eigenvalue weighted by Crippen LogP contribution is -2.48. The van der Waals surface area contributed by atoms with Crippen molar-refractivity contribution in [3.05, 3.63) is 0 Å². The first-order chi connectivity index (χ1) is 9.02. The molecule has 4 nitrogen and oxygen atoms in total. The first-order valence-corrected chi connectivity index (χ1v) is 7.71. The van der Waals surface area contributed by atoms with Gasteiger partial charge in [0.1, 0.15) is 0 Å². The van der Waals surface area contributed by atoms with E-state index in [1.54, 1.807) is 0 Å². The molecule has 5 heteroatoms. The highest BCUT2D eigenvalue weighted by molar-refractivity contribution is 14.0. The topological polar surface area (TPSA) is 39.7 Å². The maximum Gasteiger partial charge on any atom is 0.191 e. The number of piperidine rings is 1. The molecule has 1 atom stereocenters. The van der Waals surface area contributed by atoms with Crippen LogP contribution in [0, 0.1) is 11.8 Å². The van der Waals surface area contributed by atoms with Crippen molar-refractivity contribution in [2.24, 2.45) is 16.8 Å². The molecule has 0 radical (unpaired) electrons. The SMILES string of the molecule is CN=C(NCC(C)C)NCC(C)N1CCC(C)CC1.I. The number of aliphatic imine (C=N–C) groups is 1. The Morgan fingerprint density at radius 1 is 1.15 bits per heavy atom. The van der Waals surface area contributed by atoms with Gasteiger partial charge in [0, 0.05) is 26.2 Å². The van der Waals surface area contributed by atoms with Gasteiger partial charge in [0.05, 0.1) is 0 Å². The van der Waals surface area contributed by atoms with E-state index in [0.717, 1.165) is 25.0 Å². The van der Waals surface area contributed by atoms with Gasteiger partial charge in [0.25, 0.3) is 0 Å². The predicted molar refractivity (Wildman–Crippen MR) is 99.1 cm³/mol. The van der Waals surface area contributed by atoms with Gasteiger partial charge < -0.3 is 10.6 Å². The molecule has 0 aromatic rings. The van der Waals surface area contributed by atoms with E-state index < -0.39 is 0 Å². The monoisotopic (exact) mass is 396 g/mol. The minimum absolute atomic E-state index is 0. The Balaban J connectivity index is 0.00000361. The van der Waals surface area contributed by atoms with Crippen LogP contribution in [0.5, 0.6) is 0 Å². The maximum absolute atomic E-state index is 4.27. The number of hydrogen-bond donors (Lipinski definition) is 2. The minimum atomic E-state index is 0. The summed E-state index contributed by atoms with van der Waals surface area (Å²) in [6.45, 7) is 13.5. The summed E-state index contributed by atoms with van der Waals surface area (Å²) < 4.78 is 0. The summed E-state index contributed by atoms with van der Waals surface area (Å²) in [7, 11) is 1.84. The molecular weight excluding hydrogens is 363 g/mol. The maximum atomic E-state index is 4.27. The van der Waals surface area contributed by atoms with Crippen LogP contribution in [0.4, 0.5) is 0 Å². The molecule has 1 saturated heterocycles. The second-order valence-corrected chi connectivity index (χ2v) is 6.30. The van der Waals surface area contributed by atoms with Gasteiger partial charge in [0.15, 0.2) is 5.96 Å². The highest BCUT2D eigenvalue weighted by Crippen LogP contribution is 2.17. The average molecular weight is 396 g/mol. The molecule has 1 unspecified atom stereocenters. The lowest BCUT2D eigenvalue weighted by Gasteiger charge is -2.35. The van der Waals surface area contributed by atoms with Gasteiger partial charge in [-0.15, -0.1) is 24.0 Å². The van der Waals surface area contributed by atoms with Crippen LogP contribution in [0.3, 0.4) is 0 Å². The lowest BCUT2D eigenvalue weighted by molar-refractivity contribution is 0.147. The van der Waals surface area contributed by atoms with Crippen LogP contribution >= 0.6 is 24.0 Å². The van der Waals surface area contributed by atoms with E-state index in [2.05, 4.69) is 48.2 Å². The van der Waals surface area contributed by atoms with E-state index in [-0.39, 0.29) is 24.0 Å². The van der Waals surface area contributed by atoms with Crippen molar-refractivity contribution in [2.45, 2.75) is 46.6 Å². The number of halogens is 1. The van der Waals surface area contributed by atoms with Gasteiger partial charge in [-0.3, -0.25) is 9.89 Å². The van der Waals surface area contributed by atoms with Gasteiger partial charge in [-0.05, 0) is 44.7 Å². The lowest BCUT2D eigenvalue weighted by atomic mass is 9.98. The third-order valence-corrected chi connectivity index (χ3v) is 3.91. The predicted octanol–water partition coefficient (Wildman–Crippen LogP) is 2.55. The van der Waals surface area contributed by atoms with Crippen LogP contribution in [-0.4, -0.2) is 50.1 Å². The molecule has 1 aliphatic rings. The van der Waals surface area contributed by atoms with Crippen molar-refractivity contribution in [1.82, 2.24) is 15.5 Å². The highest BCUT2D eigenvalue weighted by Gasteiger charge is 2.20. The van der Waals surface area contributed by atoms with Gasteiger partial charge in [0.2, 0.25) is 0 Å². The first kappa shape index (κ1) is 20.0. The van der Waals surface area contributed by atoms with Crippen molar-refractivity contribution in [3.8, 4) is 0 Å². The Morgan fingerprint density at radius 3 is 2.20 bits per heavy atom. The summed E-state index contributed by atoms with van der Waals surface area (Å²) >= 11 is 0. The molecule has 1 fully saturated rings. The van der Waals surface area contributed by atoms with E-state index in [0.29, 0.717) is 12.0 Å². The zero-order valence-electron chi connectivity index (χ0n) is 13.8. The molecule has 0 saturated carbocycles. The zero-order chi connectivity index (χ0) is 14.3. The fourth-order valence-electron chi connectivity index (χ4n) is 2.36. The second-order valence-electron chi connectivity index (χ2n) is 6.30. The second kappa shape index (κ2) is 10.7. The molecule has 0 aromatic carbocycles. The van der Waals surface area contributed by atoms with E-state index >= 15 is 0 Å². The standard InChI is InChI=1S/C15H32N4.HI/c1-12(2)10-17-15(16-5)18-11-14(4)19-8-6-13(3)7-9-19;/h12-14H,6-11H2,1-5H3,(H2,16,17,18);1H. The molecule has 120 valence electrons. The van der Waals surface area contributed by atoms with Crippen molar-refractivity contribution in [3.63, 3.8) is 0 Å². The van der Waals surface area contributed by atoms with Crippen molar-refractivity contribution < 1.29 is 0 Å². The van der Waals surface area contributed by atoms with Crippen LogP contribution in [-0.2, 0) is 0 Å². The van der Waals surface area contributed by atoms with E-state index in [9.17, 15) is 0 Å². The van der Waals surface area contributed by atoms with Gasteiger partial charge >= 0.3 is 0 Å². The Morgan fingerprint density at radius 2 is 1.70 bits per heavy atom. The highest BCUT2D eigenvalue weighted by atomic mass is 127.